The van der Waals surface area contributed by atoms with E-state index in [1.807, 2.05) is 41.3 Å². The van der Waals surface area contributed by atoms with Gasteiger partial charge in [0, 0.05) is 17.4 Å². The van der Waals surface area contributed by atoms with E-state index >= 15 is 0 Å². The van der Waals surface area contributed by atoms with Crippen LogP contribution in [0.1, 0.15) is 35.5 Å². The van der Waals surface area contributed by atoms with Gasteiger partial charge in [0.1, 0.15) is 0 Å². The molecule has 132 valence electrons. The van der Waals surface area contributed by atoms with Crippen LogP contribution in [-0.4, -0.2) is 11.9 Å². The van der Waals surface area contributed by atoms with Crippen molar-refractivity contribution in [3.05, 3.63) is 82.7 Å². The van der Waals surface area contributed by atoms with Gasteiger partial charge < -0.3 is 14.6 Å². The summed E-state index contributed by atoms with van der Waals surface area (Å²) in [7, 11) is 0. The molecular formula is C21H19BrN2O2. The Morgan fingerprint density at radius 3 is 2.54 bits per heavy atom. The summed E-state index contributed by atoms with van der Waals surface area (Å²) in [4.78, 5) is 14.9. The summed E-state index contributed by atoms with van der Waals surface area (Å²) < 4.78 is 6.05. The van der Waals surface area contributed by atoms with E-state index < -0.39 is 0 Å². The molecule has 1 amide bonds. The molecule has 1 aliphatic rings. The third-order valence-electron chi connectivity index (χ3n) is 4.71. The fraction of sp³-hybridized carbons (Fsp3) is 0.190. The lowest BCUT2D eigenvalue weighted by Crippen LogP contribution is -2.44. The van der Waals surface area contributed by atoms with Crippen molar-refractivity contribution in [1.29, 1.82) is 0 Å². The second-order valence-corrected chi connectivity index (χ2v) is 7.27. The maximum atomic E-state index is 13.0. The zero-order valence-corrected chi connectivity index (χ0v) is 15.9. The van der Waals surface area contributed by atoms with Crippen LogP contribution in [0.2, 0.25) is 0 Å². The van der Waals surface area contributed by atoms with E-state index in [1.54, 1.807) is 12.1 Å². The third-order valence-corrected chi connectivity index (χ3v) is 5.13. The van der Waals surface area contributed by atoms with Gasteiger partial charge in [-0.1, -0.05) is 36.4 Å². The van der Waals surface area contributed by atoms with Gasteiger partial charge in [-0.05, 0) is 65.2 Å². The number of nitrogens with one attached hydrogen (secondary N) is 1. The summed E-state index contributed by atoms with van der Waals surface area (Å²) in [6.45, 7) is 2.07. The minimum Gasteiger partial charge on any atom is -0.444 e. The molecule has 26 heavy (non-hydrogen) atoms. The summed E-state index contributed by atoms with van der Waals surface area (Å²) in [5.41, 5.74) is 3.12. The quantitative estimate of drug-likeness (QED) is 0.607. The van der Waals surface area contributed by atoms with Crippen molar-refractivity contribution in [2.75, 3.05) is 10.2 Å². The van der Waals surface area contributed by atoms with Crippen molar-refractivity contribution >= 4 is 33.2 Å². The van der Waals surface area contributed by atoms with Crippen LogP contribution in [0.15, 0.2) is 75.8 Å². The van der Waals surface area contributed by atoms with Crippen molar-refractivity contribution in [3.8, 4) is 0 Å². The van der Waals surface area contributed by atoms with Crippen molar-refractivity contribution in [2.45, 2.75) is 25.4 Å². The van der Waals surface area contributed by atoms with E-state index in [-0.39, 0.29) is 18.0 Å². The molecule has 0 spiro atoms. The number of para-hydroxylation sites is 2. The van der Waals surface area contributed by atoms with Gasteiger partial charge in [0.15, 0.2) is 10.4 Å². The van der Waals surface area contributed by atoms with Gasteiger partial charge in [-0.25, -0.2) is 0 Å². The Morgan fingerprint density at radius 1 is 1.08 bits per heavy atom. The Bertz CT molecular complexity index is 923. The number of carbonyl (C=O) groups is 1. The number of hydrogen-bond donors (Lipinski definition) is 1. The molecule has 2 atom stereocenters. The zero-order valence-electron chi connectivity index (χ0n) is 14.4. The predicted octanol–water partition coefficient (Wildman–Crippen LogP) is 5.63. The first-order valence-corrected chi connectivity index (χ1v) is 9.42. The highest BCUT2D eigenvalue weighted by Crippen LogP contribution is 2.39. The molecule has 1 aromatic heterocycles. The number of anilines is 2. The Morgan fingerprint density at radius 2 is 1.81 bits per heavy atom. The second kappa shape index (κ2) is 7.00. The number of halogens is 1. The Kier molecular flexibility index (Phi) is 4.55. The zero-order chi connectivity index (χ0) is 18.1. The molecular weight excluding hydrogens is 392 g/mol. The molecule has 0 unspecified atom stereocenters. The van der Waals surface area contributed by atoms with Crippen LogP contribution in [-0.2, 0) is 0 Å². The van der Waals surface area contributed by atoms with Crippen molar-refractivity contribution < 1.29 is 9.21 Å². The molecule has 1 aliphatic heterocycles. The van der Waals surface area contributed by atoms with E-state index in [2.05, 4.69) is 46.4 Å². The van der Waals surface area contributed by atoms with E-state index in [4.69, 9.17) is 4.42 Å². The Balaban J connectivity index is 1.69. The van der Waals surface area contributed by atoms with Crippen LogP contribution < -0.4 is 10.2 Å². The minimum absolute atomic E-state index is 0.0440. The van der Waals surface area contributed by atoms with Crippen molar-refractivity contribution in [3.63, 3.8) is 0 Å². The molecule has 0 saturated carbocycles. The van der Waals surface area contributed by atoms with Gasteiger partial charge in [-0.3, -0.25) is 4.79 Å². The predicted molar refractivity (Wildman–Crippen MR) is 107 cm³/mol. The molecule has 0 aliphatic carbocycles. The first-order valence-electron chi connectivity index (χ1n) is 8.63. The number of amides is 1. The van der Waals surface area contributed by atoms with Gasteiger partial charge in [0.25, 0.3) is 5.91 Å². The van der Waals surface area contributed by atoms with Gasteiger partial charge in [-0.2, -0.15) is 0 Å². The maximum absolute atomic E-state index is 13.0. The number of nitrogens with zero attached hydrogens (tertiary/aromatic N) is 1. The molecule has 5 heteroatoms. The van der Waals surface area contributed by atoms with Crippen LogP contribution in [0.5, 0.6) is 0 Å². The molecule has 0 bridgehead atoms. The largest absolute Gasteiger partial charge is 0.444 e. The first-order chi connectivity index (χ1) is 12.6. The summed E-state index contributed by atoms with van der Waals surface area (Å²) in [5.74, 6) is 0.224. The summed E-state index contributed by atoms with van der Waals surface area (Å²) in [5, 5.41) is 3.60. The summed E-state index contributed by atoms with van der Waals surface area (Å²) >= 11 is 3.27. The smallest absolute Gasteiger partial charge is 0.294 e. The average Bonchev–Trinajstić information content (AvgIpc) is 3.09. The van der Waals surface area contributed by atoms with Crippen molar-refractivity contribution in [2.24, 2.45) is 0 Å². The van der Waals surface area contributed by atoms with Crippen LogP contribution in [0.4, 0.5) is 11.4 Å². The van der Waals surface area contributed by atoms with E-state index in [0.717, 1.165) is 23.4 Å². The van der Waals surface area contributed by atoms with E-state index in [9.17, 15) is 4.79 Å². The summed E-state index contributed by atoms with van der Waals surface area (Å²) in [6, 6.07) is 21.9. The number of rotatable bonds is 3. The maximum Gasteiger partial charge on any atom is 0.294 e. The SMILES string of the molecule is C[C@@H]1C[C@@H](Nc2ccccc2)c2ccccc2N1C(=O)c1ccc(Br)o1. The standard InChI is InChI=1S/C21H19BrN2O2/c1-14-13-17(23-15-7-3-2-4-8-15)16-9-5-6-10-18(16)24(14)21(25)19-11-12-20(22)26-19/h2-12,14,17,23H,13H2,1H3/t14-,17-/m1/s1. The van der Waals surface area contributed by atoms with Gasteiger partial charge >= 0.3 is 0 Å². The summed E-state index contributed by atoms with van der Waals surface area (Å²) in [6.07, 6.45) is 0.819. The highest BCUT2D eigenvalue weighted by Gasteiger charge is 2.35. The van der Waals surface area contributed by atoms with Gasteiger partial charge in [-0.15, -0.1) is 0 Å². The molecule has 0 fully saturated rings. The van der Waals surface area contributed by atoms with Gasteiger partial charge in [0.2, 0.25) is 0 Å². The third kappa shape index (κ3) is 3.15. The Hall–Kier alpha value is -2.53. The topological polar surface area (TPSA) is 45.5 Å². The lowest BCUT2D eigenvalue weighted by atomic mass is 9.91. The van der Waals surface area contributed by atoms with Crippen LogP contribution in [0, 0.1) is 0 Å². The van der Waals surface area contributed by atoms with Crippen LogP contribution in [0.25, 0.3) is 0 Å². The van der Waals surface area contributed by atoms with Crippen LogP contribution in [0.3, 0.4) is 0 Å². The highest BCUT2D eigenvalue weighted by molar-refractivity contribution is 9.10. The molecule has 4 rings (SSSR count). The minimum atomic E-state index is -0.117. The Labute approximate surface area is 160 Å². The van der Waals surface area contributed by atoms with E-state index in [1.165, 1.54) is 0 Å². The molecule has 3 aromatic rings. The highest BCUT2D eigenvalue weighted by atomic mass is 79.9. The molecule has 2 aromatic carbocycles. The van der Waals surface area contributed by atoms with Crippen LogP contribution >= 0.6 is 15.9 Å². The fourth-order valence-corrected chi connectivity index (χ4v) is 3.85. The fourth-order valence-electron chi connectivity index (χ4n) is 3.54. The molecule has 2 heterocycles. The number of carbonyl (C=O) groups excluding carboxylic acids is 1. The lowest BCUT2D eigenvalue weighted by Gasteiger charge is -2.39. The molecule has 1 N–H and O–H groups in total. The lowest BCUT2D eigenvalue weighted by molar-refractivity contribution is 0.0946. The molecule has 0 saturated heterocycles. The molecule has 4 nitrogen and oxygen atoms in total. The first kappa shape index (κ1) is 16.9. The average molecular weight is 411 g/mol. The molecule has 0 radical (unpaired) electrons. The number of furan rings is 1. The van der Waals surface area contributed by atoms with Gasteiger partial charge in [0.05, 0.1) is 6.04 Å². The number of benzene rings is 2. The number of fused-ring (bicyclic) bond motifs is 1. The second-order valence-electron chi connectivity index (χ2n) is 6.49. The normalized spacial score (nSPS) is 19.1. The number of hydrogen-bond acceptors (Lipinski definition) is 3. The van der Waals surface area contributed by atoms with Crippen molar-refractivity contribution in [1.82, 2.24) is 0 Å². The monoisotopic (exact) mass is 410 g/mol. The van der Waals surface area contributed by atoms with E-state index in [0.29, 0.717) is 10.4 Å².